The second kappa shape index (κ2) is 9.29. The molecule has 0 spiro atoms. The molecule has 0 saturated carbocycles. The van der Waals surface area contributed by atoms with Gasteiger partial charge in [0.1, 0.15) is 5.16 Å². The Labute approximate surface area is 177 Å². The molecular weight excluding hydrogens is 383 g/mol. The van der Waals surface area contributed by atoms with Gasteiger partial charge >= 0.3 is 7.60 Å². The van der Waals surface area contributed by atoms with Crippen molar-refractivity contribution in [2.75, 3.05) is 14.2 Å². The van der Waals surface area contributed by atoms with Gasteiger partial charge in [0.2, 0.25) is 0 Å². The summed E-state index contributed by atoms with van der Waals surface area (Å²) in [6, 6.07) is 6.47. The van der Waals surface area contributed by atoms with Crippen molar-refractivity contribution in [3.8, 4) is 0 Å². The third kappa shape index (κ3) is 5.48. The molecule has 1 aromatic rings. The van der Waals surface area contributed by atoms with E-state index in [0.717, 1.165) is 5.56 Å². The number of hydrogen-bond acceptors (Lipinski definition) is 4. The molecule has 0 aliphatic carbocycles. The molecular formula is C24H39O4P. The van der Waals surface area contributed by atoms with Crippen molar-refractivity contribution in [1.82, 2.24) is 0 Å². The van der Waals surface area contributed by atoms with Gasteiger partial charge in [-0.3, -0.25) is 9.36 Å². The van der Waals surface area contributed by atoms with Gasteiger partial charge < -0.3 is 9.05 Å². The van der Waals surface area contributed by atoms with Gasteiger partial charge in [-0.05, 0) is 46.4 Å². The molecule has 29 heavy (non-hydrogen) atoms. The van der Waals surface area contributed by atoms with Crippen LogP contribution in [-0.2, 0) is 29.2 Å². The van der Waals surface area contributed by atoms with Crippen LogP contribution in [0.15, 0.2) is 24.3 Å². The molecule has 0 fully saturated rings. The summed E-state index contributed by atoms with van der Waals surface area (Å²) in [6.45, 7) is 16.8. The molecule has 0 radical (unpaired) electrons. The van der Waals surface area contributed by atoms with E-state index >= 15 is 0 Å². The molecule has 0 aromatic heterocycles. The lowest BCUT2D eigenvalue weighted by molar-refractivity contribution is -0.117. The van der Waals surface area contributed by atoms with Gasteiger partial charge in [0.05, 0.1) is 0 Å². The first-order chi connectivity index (χ1) is 13.2. The number of carbonyl (C=O) groups excluding carboxylic acids is 1. The maximum atomic E-state index is 13.2. The van der Waals surface area contributed by atoms with Gasteiger partial charge in [-0.1, -0.05) is 79.7 Å². The van der Waals surface area contributed by atoms with Crippen LogP contribution in [-0.4, -0.2) is 25.2 Å². The summed E-state index contributed by atoms with van der Waals surface area (Å²) in [5, 5.41) is -1.18. The van der Waals surface area contributed by atoms with Crippen LogP contribution >= 0.6 is 7.60 Å². The molecule has 5 heteroatoms. The summed E-state index contributed by atoms with van der Waals surface area (Å²) in [7, 11) is -0.899. The molecule has 0 heterocycles. The zero-order valence-electron chi connectivity index (χ0n) is 19.9. The maximum Gasteiger partial charge on any atom is 0.343 e. The van der Waals surface area contributed by atoms with Crippen LogP contribution in [0.3, 0.4) is 0 Å². The van der Waals surface area contributed by atoms with Gasteiger partial charge in [-0.15, -0.1) is 0 Å². The van der Waals surface area contributed by atoms with E-state index in [2.05, 4.69) is 59.7 Å². The minimum absolute atomic E-state index is 0.00768. The first kappa shape index (κ1) is 25.8. The van der Waals surface area contributed by atoms with E-state index < -0.39 is 12.8 Å². The lowest BCUT2D eigenvalue weighted by Crippen LogP contribution is -2.37. The van der Waals surface area contributed by atoms with Crippen molar-refractivity contribution in [3.05, 3.63) is 41.0 Å². The zero-order valence-corrected chi connectivity index (χ0v) is 20.8. The molecule has 0 N–H and O–H groups in total. The first-order valence-electron chi connectivity index (χ1n) is 10.3. The molecule has 4 nitrogen and oxygen atoms in total. The molecule has 0 amide bonds. The van der Waals surface area contributed by atoms with Crippen molar-refractivity contribution in [2.45, 2.75) is 84.2 Å². The largest absolute Gasteiger partial charge is 0.343 e. The van der Waals surface area contributed by atoms with E-state index in [-0.39, 0.29) is 16.6 Å². The van der Waals surface area contributed by atoms with Crippen LogP contribution in [0.1, 0.15) is 84.9 Å². The van der Waals surface area contributed by atoms with Gasteiger partial charge in [0, 0.05) is 14.2 Å². The first-order valence-corrected chi connectivity index (χ1v) is 11.8. The average Bonchev–Trinajstić information content (AvgIpc) is 2.65. The van der Waals surface area contributed by atoms with E-state index in [0.29, 0.717) is 12.8 Å². The van der Waals surface area contributed by atoms with E-state index in [9.17, 15) is 9.36 Å². The standard InChI is InChI=1S/C24H39O4P/c1-11-24(12-2,29(26,27-9)28-10)21(25)14-13-18-15-19(22(3,4)5)17-20(16-18)23(6,7)8/h13-17H,11-12H2,1-10H3. The van der Waals surface area contributed by atoms with Gasteiger partial charge in [-0.2, -0.15) is 0 Å². The van der Waals surface area contributed by atoms with Crippen molar-refractivity contribution in [3.63, 3.8) is 0 Å². The summed E-state index contributed by atoms with van der Waals surface area (Å²) in [6.07, 6.45) is 4.11. The average molecular weight is 423 g/mol. The Morgan fingerprint density at radius 1 is 0.897 bits per heavy atom. The normalized spacial score (nSPS) is 13.9. The Morgan fingerprint density at radius 2 is 1.31 bits per heavy atom. The Bertz CT molecular complexity index is 750. The number of benzene rings is 1. The summed E-state index contributed by atoms with van der Waals surface area (Å²) < 4.78 is 23.6. The predicted octanol–water partition coefficient (Wildman–Crippen LogP) is 6.91. The van der Waals surface area contributed by atoms with Crippen molar-refractivity contribution in [2.24, 2.45) is 0 Å². The highest BCUT2D eigenvalue weighted by Gasteiger charge is 2.52. The third-order valence-corrected chi connectivity index (χ3v) is 8.61. The SMILES string of the molecule is CCC(CC)(C(=O)C=Cc1cc(C(C)(C)C)cc(C(C)(C)C)c1)P(=O)(OC)OC. The highest BCUT2D eigenvalue weighted by atomic mass is 31.2. The summed E-state index contributed by atoms with van der Waals surface area (Å²) in [5.74, 6) is -0.229. The molecule has 0 saturated heterocycles. The number of carbonyl (C=O) groups is 1. The van der Waals surface area contributed by atoms with Gasteiger partial charge in [0.15, 0.2) is 5.78 Å². The molecule has 164 valence electrons. The van der Waals surface area contributed by atoms with Crippen LogP contribution in [0, 0.1) is 0 Å². The smallest absolute Gasteiger partial charge is 0.311 e. The van der Waals surface area contributed by atoms with Crippen LogP contribution in [0.2, 0.25) is 0 Å². The molecule has 0 aliphatic rings. The number of ketones is 1. The fraction of sp³-hybridized carbons (Fsp3) is 0.625. The fourth-order valence-electron chi connectivity index (χ4n) is 3.49. The highest BCUT2D eigenvalue weighted by Crippen LogP contribution is 2.62. The maximum absolute atomic E-state index is 13.2. The molecule has 0 bridgehead atoms. The Kier molecular flexibility index (Phi) is 8.27. The van der Waals surface area contributed by atoms with Crippen molar-refractivity contribution < 1.29 is 18.4 Å². The minimum atomic E-state index is -3.57. The lowest BCUT2D eigenvalue weighted by atomic mass is 9.79. The molecule has 0 atom stereocenters. The topological polar surface area (TPSA) is 52.6 Å². The Morgan fingerprint density at radius 3 is 1.62 bits per heavy atom. The Hall–Kier alpha value is -1.22. The highest BCUT2D eigenvalue weighted by molar-refractivity contribution is 7.56. The summed E-state index contributed by atoms with van der Waals surface area (Å²) in [4.78, 5) is 13.2. The van der Waals surface area contributed by atoms with E-state index in [4.69, 9.17) is 9.05 Å². The minimum Gasteiger partial charge on any atom is -0.311 e. The summed E-state index contributed by atoms with van der Waals surface area (Å²) in [5.41, 5.74) is 3.38. The summed E-state index contributed by atoms with van der Waals surface area (Å²) >= 11 is 0. The Balaban J connectivity index is 3.48. The number of hydrogen-bond donors (Lipinski definition) is 0. The van der Waals surface area contributed by atoms with Crippen LogP contribution in [0.5, 0.6) is 0 Å². The van der Waals surface area contributed by atoms with Crippen LogP contribution in [0.25, 0.3) is 6.08 Å². The fourth-order valence-corrected chi connectivity index (χ4v) is 5.45. The van der Waals surface area contributed by atoms with Crippen LogP contribution in [0.4, 0.5) is 0 Å². The molecule has 0 aliphatic heterocycles. The lowest BCUT2D eigenvalue weighted by Gasteiger charge is -2.34. The molecule has 0 unspecified atom stereocenters. The zero-order chi connectivity index (χ0) is 22.7. The second-order valence-corrected chi connectivity index (χ2v) is 12.2. The monoisotopic (exact) mass is 422 g/mol. The van der Waals surface area contributed by atoms with Crippen molar-refractivity contribution in [1.29, 1.82) is 0 Å². The molecule has 1 aromatic carbocycles. The second-order valence-electron chi connectivity index (χ2n) is 9.64. The van der Waals surface area contributed by atoms with E-state index in [1.807, 2.05) is 19.9 Å². The van der Waals surface area contributed by atoms with Gasteiger partial charge in [-0.25, -0.2) is 0 Å². The number of rotatable bonds is 8. The molecule has 1 rings (SSSR count). The van der Waals surface area contributed by atoms with E-state index in [1.165, 1.54) is 31.4 Å². The van der Waals surface area contributed by atoms with Crippen LogP contribution < -0.4 is 0 Å². The van der Waals surface area contributed by atoms with Gasteiger partial charge in [0.25, 0.3) is 0 Å². The van der Waals surface area contributed by atoms with Crippen molar-refractivity contribution >= 4 is 19.5 Å². The number of allylic oxidation sites excluding steroid dienone is 1. The quantitative estimate of drug-likeness (QED) is 0.337. The predicted molar refractivity (Wildman–Crippen MR) is 123 cm³/mol. The van der Waals surface area contributed by atoms with E-state index in [1.54, 1.807) is 0 Å². The third-order valence-electron chi connectivity index (χ3n) is 5.75.